The van der Waals surface area contributed by atoms with Gasteiger partial charge in [-0.3, -0.25) is 0 Å². The van der Waals surface area contributed by atoms with Gasteiger partial charge in [-0.25, -0.2) is 4.98 Å². The number of benzene rings is 2. The number of nitrogens with zero attached hydrogens (tertiary/aromatic N) is 2. The molecule has 0 fully saturated rings. The molecule has 23 heavy (non-hydrogen) atoms. The van der Waals surface area contributed by atoms with Crippen LogP contribution in [0.25, 0.3) is 11.0 Å². The van der Waals surface area contributed by atoms with E-state index in [1.54, 1.807) is 0 Å². The SMILES string of the molecule is Cc1ccccc1OCCCCn1c(C)nc2ccccc21.Cl. The minimum atomic E-state index is 0. The summed E-state index contributed by atoms with van der Waals surface area (Å²) in [5, 5.41) is 0. The quantitative estimate of drug-likeness (QED) is 0.599. The van der Waals surface area contributed by atoms with Crippen molar-refractivity contribution >= 4 is 23.4 Å². The van der Waals surface area contributed by atoms with Gasteiger partial charge in [-0.05, 0) is 50.5 Å². The third kappa shape index (κ3) is 4.05. The number of unbranched alkanes of at least 4 members (excludes halogenated alkanes) is 1. The number of aryl methyl sites for hydroxylation is 3. The van der Waals surface area contributed by atoms with Gasteiger partial charge in [0.25, 0.3) is 0 Å². The Bertz CT molecular complexity index is 767. The molecule has 0 aliphatic carbocycles. The molecular formula is C19H23ClN2O. The van der Waals surface area contributed by atoms with Crippen LogP contribution in [0.2, 0.25) is 0 Å². The Balaban J connectivity index is 0.00000192. The number of para-hydroxylation sites is 3. The summed E-state index contributed by atoms with van der Waals surface area (Å²) in [7, 11) is 0. The van der Waals surface area contributed by atoms with Crippen molar-refractivity contribution in [2.75, 3.05) is 6.61 Å². The van der Waals surface area contributed by atoms with Crippen LogP contribution in [0.5, 0.6) is 5.75 Å². The Kier molecular flexibility index (Phi) is 6.05. The second kappa shape index (κ2) is 8.02. The summed E-state index contributed by atoms with van der Waals surface area (Å²) in [6.07, 6.45) is 2.13. The number of hydrogen-bond acceptors (Lipinski definition) is 2. The van der Waals surface area contributed by atoms with Crippen LogP contribution in [0.4, 0.5) is 0 Å². The smallest absolute Gasteiger partial charge is 0.122 e. The summed E-state index contributed by atoms with van der Waals surface area (Å²) in [6, 6.07) is 16.5. The molecule has 3 rings (SSSR count). The molecule has 0 radical (unpaired) electrons. The first kappa shape index (κ1) is 17.4. The van der Waals surface area contributed by atoms with Crippen molar-refractivity contribution < 1.29 is 4.74 Å². The monoisotopic (exact) mass is 330 g/mol. The Labute approximate surface area is 143 Å². The van der Waals surface area contributed by atoms with E-state index < -0.39 is 0 Å². The van der Waals surface area contributed by atoms with Gasteiger partial charge < -0.3 is 9.30 Å². The lowest BCUT2D eigenvalue weighted by molar-refractivity contribution is 0.301. The van der Waals surface area contributed by atoms with E-state index in [0.29, 0.717) is 0 Å². The zero-order chi connectivity index (χ0) is 15.4. The molecule has 0 amide bonds. The van der Waals surface area contributed by atoms with Crippen LogP contribution in [-0.2, 0) is 6.54 Å². The topological polar surface area (TPSA) is 27.1 Å². The molecule has 1 heterocycles. The molecule has 122 valence electrons. The van der Waals surface area contributed by atoms with Crippen LogP contribution in [0.15, 0.2) is 48.5 Å². The van der Waals surface area contributed by atoms with Crippen LogP contribution in [-0.4, -0.2) is 16.2 Å². The maximum atomic E-state index is 5.85. The summed E-state index contributed by atoms with van der Waals surface area (Å²) < 4.78 is 8.14. The van der Waals surface area contributed by atoms with Crippen molar-refractivity contribution in [3.63, 3.8) is 0 Å². The third-order valence-electron chi connectivity index (χ3n) is 3.97. The van der Waals surface area contributed by atoms with Crippen LogP contribution in [0, 0.1) is 13.8 Å². The third-order valence-corrected chi connectivity index (χ3v) is 3.97. The largest absolute Gasteiger partial charge is 0.493 e. The molecule has 0 unspecified atom stereocenters. The molecule has 2 aromatic carbocycles. The van der Waals surface area contributed by atoms with Gasteiger partial charge in [0.1, 0.15) is 11.6 Å². The zero-order valence-electron chi connectivity index (χ0n) is 13.7. The van der Waals surface area contributed by atoms with E-state index in [-0.39, 0.29) is 12.4 Å². The van der Waals surface area contributed by atoms with E-state index in [0.717, 1.165) is 43.1 Å². The fraction of sp³-hybridized carbons (Fsp3) is 0.316. The maximum Gasteiger partial charge on any atom is 0.122 e. The number of rotatable bonds is 6. The molecule has 0 N–H and O–H groups in total. The fourth-order valence-electron chi connectivity index (χ4n) is 2.75. The summed E-state index contributed by atoms with van der Waals surface area (Å²) >= 11 is 0. The van der Waals surface area contributed by atoms with E-state index in [4.69, 9.17) is 4.74 Å². The van der Waals surface area contributed by atoms with Crippen LogP contribution in [0.3, 0.4) is 0 Å². The van der Waals surface area contributed by atoms with Crippen LogP contribution >= 0.6 is 12.4 Å². The van der Waals surface area contributed by atoms with Gasteiger partial charge in [-0.2, -0.15) is 0 Å². The summed E-state index contributed by atoms with van der Waals surface area (Å²) in [5.41, 5.74) is 3.50. The molecule has 1 aromatic heterocycles. The average molecular weight is 331 g/mol. The second-order valence-electron chi connectivity index (χ2n) is 5.62. The highest BCUT2D eigenvalue weighted by atomic mass is 35.5. The number of halogens is 1. The summed E-state index contributed by atoms with van der Waals surface area (Å²) in [4.78, 5) is 4.60. The van der Waals surface area contributed by atoms with Gasteiger partial charge in [-0.15, -0.1) is 12.4 Å². The van der Waals surface area contributed by atoms with Crippen molar-refractivity contribution in [3.8, 4) is 5.75 Å². The molecule has 0 spiro atoms. The van der Waals surface area contributed by atoms with Crippen molar-refractivity contribution in [2.45, 2.75) is 33.2 Å². The first-order chi connectivity index (χ1) is 10.8. The second-order valence-corrected chi connectivity index (χ2v) is 5.62. The lowest BCUT2D eigenvalue weighted by Crippen LogP contribution is -2.04. The number of aromatic nitrogens is 2. The summed E-state index contributed by atoms with van der Waals surface area (Å²) in [5.74, 6) is 2.08. The molecule has 0 bridgehead atoms. The number of imidazole rings is 1. The van der Waals surface area contributed by atoms with E-state index >= 15 is 0 Å². The highest BCUT2D eigenvalue weighted by molar-refractivity contribution is 5.85. The summed E-state index contributed by atoms with van der Waals surface area (Å²) in [6.45, 7) is 5.90. The van der Waals surface area contributed by atoms with Gasteiger partial charge in [0.05, 0.1) is 17.6 Å². The predicted molar refractivity (Wildman–Crippen MR) is 97.6 cm³/mol. The molecule has 0 saturated carbocycles. The average Bonchev–Trinajstić information content (AvgIpc) is 2.84. The number of fused-ring (bicyclic) bond motifs is 1. The lowest BCUT2D eigenvalue weighted by Gasteiger charge is -2.10. The first-order valence-corrected chi connectivity index (χ1v) is 7.86. The fourth-order valence-corrected chi connectivity index (χ4v) is 2.75. The standard InChI is InChI=1S/C19H22N2O.ClH/c1-15-9-3-6-12-19(15)22-14-8-7-13-21-16(2)20-17-10-4-5-11-18(17)21;/h3-6,9-12H,7-8,13-14H2,1-2H3;1H. The Morgan fingerprint density at radius 1 is 0.957 bits per heavy atom. The van der Waals surface area contributed by atoms with E-state index in [1.165, 1.54) is 11.1 Å². The van der Waals surface area contributed by atoms with Crippen molar-refractivity contribution in [1.29, 1.82) is 0 Å². The Morgan fingerprint density at radius 2 is 1.70 bits per heavy atom. The van der Waals surface area contributed by atoms with E-state index in [9.17, 15) is 0 Å². The highest BCUT2D eigenvalue weighted by Crippen LogP contribution is 2.18. The van der Waals surface area contributed by atoms with Crippen LogP contribution < -0.4 is 4.74 Å². The number of hydrogen-bond donors (Lipinski definition) is 0. The number of ether oxygens (including phenoxy) is 1. The molecule has 3 aromatic rings. The Hall–Kier alpha value is -2.00. The lowest BCUT2D eigenvalue weighted by atomic mass is 10.2. The molecule has 0 aliphatic heterocycles. The first-order valence-electron chi connectivity index (χ1n) is 7.86. The minimum Gasteiger partial charge on any atom is -0.493 e. The highest BCUT2D eigenvalue weighted by Gasteiger charge is 2.06. The van der Waals surface area contributed by atoms with Crippen molar-refractivity contribution in [3.05, 3.63) is 59.9 Å². The van der Waals surface area contributed by atoms with Gasteiger partial charge >= 0.3 is 0 Å². The Morgan fingerprint density at radius 3 is 2.52 bits per heavy atom. The normalized spacial score (nSPS) is 10.5. The van der Waals surface area contributed by atoms with E-state index in [1.807, 2.05) is 24.3 Å². The van der Waals surface area contributed by atoms with Gasteiger partial charge in [0.15, 0.2) is 0 Å². The molecular weight excluding hydrogens is 308 g/mol. The molecule has 4 heteroatoms. The van der Waals surface area contributed by atoms with Gasteiger partial charge in [-0.1, -0.05) is 30.3 Å². The molecule has 0 aliphatic rings. The maximum absolute atomic E-state index is 5.85. The predicted octanol–water partition coefficient (Wildman–Crippen LogP) is 4.93. The van der Waals surface area contributed by atoms with Crippen molar-refractivity contribution in [2.24, 2.45) is 0 Å². The van der Waals surface area contributed by atoms with Gasteiger partial charge in [0.2, 0.25) is 0 Å². The molecule has 0 saturated heterocycles. The van der Waals surface area contributed by atoms with Gasteiger partial charge in [0, 0.05) is 6.54 Å². The molecule has 3 nitrogen and oxygen atoms in total. The minimum absolute atomic E-state index is 0. The molecule has 0 atom stereocenters. The zero-order valence-corrected chi connectivity index (χ0v) is 14.5. The van der Waals surface area contributed by atoms with Crippen LogP contribution in [0.1, 0.15) is 24.2 Å². The van der Waals surface area contributed by atoms with E-state index in [2.05, 4.69) is 47.7 Å². The van der Waals surface area contributed by atoms with Crippen molar-refractivity contribution in [1.82, 2.24) is 9.55 Å².